The van der Waals surface area contributed by atoms with Crippen LogP contribution in [0.15, 0.2) is 48.8 Å². The molecule has 2 aromatic carbocycles. The van der Waals surface area contributed by atoms with Gasteiger partial charge in [0.25, 0.3) is 5.91 Å². The highest BCUT2D eigenvalue weighted by Gasteiger charge is 2.09. The molecule has 1 amide bonds. The van der Waals surface area contributed by atoms with Crippen molar-refractivity contribution >= 4 is 11.6 Å². The van der Waals surface area contributed by atoms with Gasteiger partial charge < -0.3 is 10.1 Å². The molecule has 1 N–H and O–H groups in total. The second-order valence-electron chi connectivity index (χ2n) is 5.55. The summed E-state index contributed by atoms with van der Waals surface area (Å²) in [6.07, 6.45) is 2.35. The molecule has 0 saturated heterocycles. The van der Waals surface area contributed by atoms with Gasteiger partial charge >= 0.3 is 0 Å². The number of tetrazole rings is 1. The molecule has 0 aliphatic rings. The highest BCUT2D eigenvalue weighted by atomic mass is 16.5. The van der Waals surface area contributed by atoms with Crippen LogP contribution in [-0.2, 0) is 11.2 Å². The van der Waals surface area contributed by atoms with Crippen LogP contribution < -0.4 is 10.1 Å². The first kappa shape index (κ1) is 16.6. The van der Waals surface area contributed by atoms with E-state index in [-0.39, 0.29) is 12.5 Å². The number of aryl methyl sites for hydroxylation is 2. The summed E-state index contributed by atoms with van der Waals surface area (Å²) in [6, 6.07) is 13.2. The second-order valence-corrected chi connectivity index (χ2v) is 5.55. The van der Waals surface area contributed by atoms with Crippen LogP contribution in [0.3, 0.4) is 0 Å². The van der Waals surface area contributed by atoms with Gasteiger partial charge in [-0.05, 0) is 47.0 Å². The Hall–Kier alpha value is -3.22. The van der Waals surface area contributed by atoms with Crippen LogP contribution in [0.5, 0.6) is 5.75 Å². The quantitative estimate of drug-likeness (QED) is 0.747. The van der Waals surface area contributed by atoms with E-state index in [0.717, 1.165) is 28.9 Å². The van der Waals surface area contributed by atoms with E-state index in [0.29, 0.717) is 5.75 Å². The molecule has 128 valence electrons. The summed E-state index contributed by atoms with van der Waals surface area (Å²) in [6.45, 7) is 3.97. The maximum Gasteiger partial charge on any atom is 0.262 e. The Morgan fingerprint density at radius 1 is 1.24 bits per heavy atom. The van der Waals surface area contributed by atoms with Gasteiger partial charge in [0.2, 0.25) is 0 Å². The van der Waals surface area contributed by atoms with Crippen molar-refractivity contribution in [1.82, 2.24) is 20.2 Å². The Labute approximate surface area is 145 Å². The Kier molecular flexibility index (Phi) is 5.03. The van der Waals surface area contributed by atoms with Crippen molar-refractivity contribution < 1.29 is 9.53 Å². The highest BCUT2D eigenvalue weighted by molar-refractivity contribution is 5.93. The Morgan fingerprint density at radius 3 is 2.84 bits per heavy atom. The maximum atomic E-state index is 12.2. The monoisotopic (exact) mass is 337 g/mol. The van der Waals surface area contributed by atoms with Gasteiger partial charge in [-0.1, -0.05) is 31.2 Å². The number of carbonyl (C=O) groups is 1. The maximum absolute atomic E-state index is 12.2. The van der Waals surface area contributed by atoms with Crippen LogP contribution in [-0.4, -0.2) is 32.7 Å². The smallest absolute Gasteiger partial charge is 0.262 e. The number of carbonyl (C=O) groups excluding carboxylic acids is 1. The van der Waals surface area contributed by atoms with Crippen molar-refractivity contribution in [2.45, 2.75) is 20.3 Å². The van der Waals surface area contributed by atoms with Crippen LogP contribution >= 0.6 is 0 Å². The number of nitrogens with zero attached hydrogens (tertiary/aromatic N) is 4. The minimum Gasteiger partial charge on any atom is -0.484 e. The Bertz CT molecular complexity index is 862. The van der Waals surface area contributed by atoms with Crippen LogP contribution in [0, 0.1) is 6.92 Å². The molecule has 0 radical (unpaired) electrons. The molecular formula is C18H19N5O2. The molecule has 0 atom stereocenters. The van der Waals surface area contributed by atoms with Gasteiger partial charge in [-0.2, -0.15) is 0 Å². The predicted octanol–water partition coefficient (Wildman–Crippen LogP) is 2.55. The lowest BCUT2D eigenvalue weighted by Gasteiger charge is -2.13. The van der Waals surface area contributed by atoms with Crippen molar-refractivity contribution in [3.05, 3.63) is 59.9 Å². The molecule has 0 aliphatic carbocycles. The molecule has 1 aromatic heterocycles. The molecule has 3 aromatic rings. The molecule has 25 heavy (non-hydrogen) atoms. The number of benzene rings is 2. The molecule has 0 saturated carbocycles. The fraction of sp³-hybridized carbons (Fsp3) is 0.222. The normalized spacial score (nSPS) is 10.5. The van der Waals surface area contributed by atoms with Crippen molar-refractivity contribution in [3.63, 3.8) is 0 Å². The summed E-state index contributed by atoms with van der Waals surface area (Å²) < 4.78 is 7.12. The fourth-order valence-corrected chi connectivity index (χ4v) is 2.52. The van der Waals surface area contributed by atoms with E-state index in [1.165, 1.54) is 11.0 Å². The number of nitrogens with one attached hydrogen (secondary N) is 1. The first-order chi connectivity index (χ1) is 12.2. The third-order valence-electron chi connectivity index (χ3n) is 3.81. The molecular weight excluding hydrogens is 318 g/mol. The molecule has 0 aliphatic heterocycles. The molecule has 7 heteroatoms. The van der Waals surface area contributed by atoms with Gasteiger partial charge in [0.05, 0.1) is 5.69 Å². The molecule has 7 nitrogen and oxygen atoms in total. The average Bonchev–Trinajstić information content (AvgIpc) is 3.17. The summed E-state index contributed by atoms with van der Waals surface area (Å²) in [4.78, 5) is 12.2. The third kappa shape index (κ3) is 4.00. The van der Waals surface area contributed by atoms with E-state index in [9.17, 15) is 4.79 Å². The first-order valence-electron chi connectivity index (χ1n) is 8.02. The minimum absolute atomic E-state index is 0.0729. The third-order valence-corrected chi connectivity index (χ3v) is 3.81. The lowest BCUT2D eigenvalue weighted by atomic mass is 10.1. The van der Waals surface area contributed by atoms with Gasteiger partial charge in [0, 0.05) is 11.8 Å². The number of anilines is 1. The predicted molar refractivity (Wildman–Crippen MR) is 93.8 cm³/mol. The molecule has 0 spiro atoms. The largest absolute Gasteiger partial charge is 0.484 e. The zero-order valence-electron chi connectivity index (χ0n) is 14.1. The molecule has 1 heterocycles. The average molecular weight is 337 g/mol. The summed E-state index contributed by atoms with van der Waals surface area (Å²) >= 11 is 0. The molecule has 0 bridgehead atoms. The SMILES string of the molecule is CCc1cccc(C)c1NC(=O)COc1cccc(-n2cnnn2)c1. The van der Waals surface area contributed by atoms with Gasteiger partial charge in [-0.15, -0.1) is 5.10 Å². The fourth-order valence-electron chi connectivity index (χ4n) is 2.52. The lowest BCUT2D eigenvalue weighted by molar-refractivity contribution is -0.118. The Balaban J connectivity index is 1.64. The number of hydrogen-bond acceptors (Lipinski definition) is 5. The standard InChI is InChI=1S/C18H19N5O2/c1-3-14-7-4-6-13(2)18(14)20-17(24)11-25-16-9-5-8-15(10-16)23-12-19-21-22-23/h4-10,12H,3,11H2,1-2H3,(H,20,24). The number of para-hydroxylation sites is 1. The summed E-state index contributed by atoms with van der Waals surface area (Å²) in [5, 5.41) is 14.0. The first-order valence-corrected chi connectivity index (χ1v) is 8.02. The molecule has 0 fully saturated rings. The van der Waals surface area contributed by atoms with Crippen LogP contribution in [0.2, 0.25) is 0 Å². The molecule has 3 rings (SSSR count). The van der Waals surface area contributed by atoms with Gasteiger partial charge in [0.15, 0.2) is 6.61 Å². The Morgan fingerprint density at radius 2 is 2.08 bits per heavy atom. The van der Waals surface area contributed by atoms with Crippen molar-refractivity contribution in [1.29, 1.82) is 0 Å². The zero-order chi connectivity index (χ0) is 17.6. The summed E-state index contributed by atoms with van der Waals surface area (Å²) in [5.41, 5.74) is 3.76. The van der Waals surface area contributed by atoms with E-state index in [4.69, 9.17) is 4.74 Å². The highest BCUT2D eigenvalue weighted by Crippen LogP contribution is 2.21. The number of ether oxygens (including phenoxy) is 1. The number of hydrogen-bond donors (Lipinski definition) is 1. The van der Waals surface area contributed by atoms with E-state index in [1.807, 2.05) is 37.3 Å². The number of aromatic nitrogens is 4. The van der Waals surface area contributed by atoms with Crippen LogP contribution in [0.4, 0.5) is 5.69 Å². The van der Waals surface area contributed by atoms with Crippen LogP contribution in [0.1, 0.15) is 18.1 Å². The van der Waals surface area contributed by atoms with Gasteiger partial charge in [0.1, 0.15) is 12.1 Å². The topological polar surface area (TPSA) is 81.9 Å². The second kappa shape index (κ2) is 7.57. The molecule has 0 unspecified atom stereocenters. The van der Waals surface area contributed by atoms with Gasteiger partial charge in [-0.3, -0.25) is 4.79 Å². The van der Waals surface area contributed by atoms with E-state index in [2.05, 4.69) is 27.8 Å². The zero-order valence-corrected chi connectivity index (χ0v) is 14.1. The van der Waals surface area contributed by atoms with Crippen molar-refractivity contribution in [2.24, 2.45) is 0 Å². The van der Waals surface area contributed by atoms with Crippen molar-refractivity contribution in [2.75, 3.05) is 11.9 Å². The summed E-state index contributed by atoms with van der Waals surface area (Å²) in [7, 11) is 0. The van der Waals surface area contributed by atoms with Crippen LogP contribution in [0.25, 0.3) is 5.69 Å². The minimum atomic E-state index is -0.197. The number of rotatable bonds is 6. The van der Waals surface area contributed by atoms with E-state index in [1.54, 1.807) is 12.1 Å². The van der Waals surface area contributed by atoms with E-state index >= 15 is 0 Å². The summed E-state index contributed by atoms with van der Waals surface area (Å²) in [5.74, 6) is 0.375. The van der Waals surface area contributed by atoms with Gasteiger partial charge in [-0.25, -0.2) is 4.68 Å². The van der Waals surface area contributed by atoms with Crippen molar-refractivity contribution in [3.8, 4) is 11.4 Å². The van der Waals surface area contributed by atoms with E-state index < -0.39 is 0 Å². The number of amides is 1. The lowest BCUT2D eigenvalue weighted by Crippen LogP contribution is -2.21.